The number of benzene rings is 3. The SMILES string of the molecule is Cc1cccc(CSc2nc3cc(C(=O)C(C)c4ccc(CC(C)C)cc4)c(O)cc3o2)c1. The van der Waals surface area contributed by atoms with Crippen molar-refractivity contribution in [2.75, 3.05) is 0 Å². The molecular formula is C28H29NO3S. The number of aryl methyl sites for hydroxylation is 1. The number of hydrogen-bond donors (Lipinski definition) is 1. The summed E-state index contributed by atoms with van der Waals surface area (Å²) in [5.41, 5.74) is 5.91. The molecule has 4 aromatic rings. The molecule has 1 atom stereocenters. The van der Waals surface area contributed by atoms with Gasteiger partial charge < -0.3 is 9.52 Å². The smallest absolute Gasteiger partial charge is 0.257 e. The summed E-state index contributed by atoms with van der Waals surface area (Å²) in [5.74, 6) is 0.727. The van der Waals surface area contributed by atoms with Gasteiger partial charge in [-0.05, 0) is 42.0 Å². The van der Waals surface area contributed by atoms with E-state index in [0.717, 1.165) is 17.7 Å². The average molecular weight is 460 g/mol. The van der Waals surface area contributed by atoms with Crippen molar-refractivity contribution in [3.8, 4) is 5.75 Å². The molecule has 0 aliphatic carbocycles. The molecular weight excluding hydrogens is 430 g/mol. The topological polar surface area (TPSA) is 63.3 Å². The molecule has 0 saturated carbocycles. The predicted molar refractivity (Wildman–Crippen MR) is 134 cm³/mol. The summed E-state index contributed by atoms with van der Waals surface area (Å²) in [7, 11) is 0. The van der Waals surface area contributed by atoms with Crippen LogP contribution in [0.3, 0.4) is 0 Å². The standard InChI is InChI=1S/C28H29NO3S/c1-17(2)12-20-8-10-22(11-9-20)19(4)27(31)23-14-24-26(15-25(23)30)32-28(29-24)33-16-21-7-5-6-18(3)13-21/h5-11,13-15,17,19,30H,12,16H2,1-4H3. The molecule has 1 N–H and O–H groups in total. The monoisotopic (exact) mass is 459 g/mol. The molecule has 0 aliphatic heterocycles. The Morgan fingerprint density at radius 1 is 1.03 bits per heavy atom. The number of carbonyl (C=O) groups excluding carboxylic acids is 1. The molecule has 0 aliphatic rings. The van der Waals surface area contributed by atoms with E-state index >= 15 is 0 Å². The fraction of sp³-hybridized carbons (Fsp3) is 0.286. The third-order valence-corrected chi connectivity index (χ3v) is 6.61. The number of nitrogens with zero attached hydrogens (tertiary/aromatic N) is 1. The van der Waals surface area contributed by atoms with E-state index in [9.17, 15) is 9.90 Å². The van der Waals surface area contributed by atoms with Gasteiger partial charge in [0.1, 0.15) is 11.3 Å². The Morgan fingerprint density at radius 2 is 1.79 bits per heavy atom. The number of carbonyl (C=O) groups is 1. The van der Waals surface area contributed by atoms with Gasteiger partial charge in [-0.2, -0.15) is 0 Å². The second-order valence-electron chi connectivity index (χ2n) is 9.02. The minimum atomic E-state index is -0.372. The molecule has 5 heteroatoms. The number of oxazole rings is 1. The molecule has 0 bridgehead atoms. The largest absolute Gasteiger partial charge is 0.507 e. The maximum Gasteiger partial charge on any atom is 0.257 e. The number of ketones is 1. The number of phenolic OH excluding ortho intramolecular Hbond substituents is 1. The summed E-state index contributed by atoms with van der Waals surface area (Å²) in [6, 6.07) is 19.6. The molecule has 1 aromatic heterocycles. The van der Waals surface area contributed by atoms with Gasteiger partial charge >= 0.3 is 0 Å². The van der Waals surface area contributed by atoms with Crippen molar-refractivity contribution in [3.63, 3.8) is 0 Å². The van der Waals surface area contributed by atoms with Gasteiger partial charge in [0.05, 0.1) is 5.56 Å². The van der Waals surface area contributed by atoms with Gasteiger partial charge in [0.15, 0.2) is 11.4 Å². The normalized spacial score (nSPS) is 12.4. The summed E-state index contributed by atoms with van der Waals surface area (Å²) in [6.07, 6.45) is 1.01. The zero-order valence-corrected chi connectivity index (χ0v) is 20.3. The number of hydrogen-bond acceptors (Lipinski definition) is 5. The summed E-state index contributed by atoms with van der Waals surface area (Å²) >= 11 is 1.49. The summed E-state index contributed by atoms with van der Waals surface area (Å²) in [4.78, 5) is 17.7. The van der Waals surface area contributed by atoms with Crippen LogP contribution in [0.5, 0.6) is 5.75 Å². The van der Waals surface area contributed by atoms with Crippen molar-refractivity contribution >= 4 is 28.6 Å². The highest BCUT2D eigenvalue weighted by Crippen LogP contribution is 2.33. The lowest BCUT2D eigenvalue weighted by atomic mass is 9.90. The van der Waals surface area contributed by atoms with Crippen LogP contribution >= 0.6 is 11.8 Å². The van der Waals surface area contributed by atoms with Crippen molar-refractivity contribution < 1.29 is 14.3 Å². The quantitative estimate of drug-likeness (QED) is 0.221. The van der Waals surface area contributed by atoms with E-state index in [1.54, 1.807) is 6.07 Å². The molecule has 0 fully saturated rings. The molecule has 33 heavy (non-hydrogen) atoms. The lowest BCUT2D eigenvalue weighted by molar-refractivity contribution is 0.0963. The van der Waals surface area contributed by atoms with Crippen LogP contribution in [0.4, 0.5) is 0 Å². The van der Waals surface area contributed by atoms with Crippen molar-refractivity contribution in [1.29, 1.82) is 0 Å². The third-order valence-electron chi connectivity index (χ3n) is 5.71. The first-order chi connectivity index (χ1) is 15.8. The number of fused-ring (bicyclic) bond motifs is 1. The molecule has 4 nitrogen and oxygen atoms in total. The molecule has 170 valence electrons. The van der Waals surface area contributed by atoms with Crippen LogP contribution in [0.25, 0.3) is 11.1 Å². The zero-order chi connectivity index (χ0) is 23.5. The zero-order valence-electron chi connectivity index (χ0n) is 19.5. The molecule has 3 aromatic carbocycles. The van der Waals surface area contributed by atoms with Crippen LogP contribution < -0.4 is 0 Å². The molecule has 0 spiro atoms. The van der Waals surface area contributed by atoms with Gasteiger partial charge in [-0.1, -0.05) is 86.6 Å². The first-order valence-electron chi connectivity index (χ1n) is 11.2. The van der Waals surface area contributed by atoms with E-state index in [0.29, 0.717) is 22.2 Å². The summed E-state index contributed by atoms with van der Waals surface area (Å²) < 4.78 is 5.81. The highest BCUT2D eigenvalue weighted by atomic mass is 32.2. The van der Waals surface area contributed by atoms with Gasteiger partial charge in [-0.15, -0.1) is 0 Å². The Bertz CT molecular complexity index is 1270. The Kier molecular flexibility index (Phi) is 6.89. The lowest BCUT2D eigenvalue weighted by Gasteiger charge is -2.13. The van der Waals surface area contributed by atoms with Gasteiger partial charge in [-0.25, -0.2) is 4.98 Å². The fourth-order valence-electron chi connectivity index (χ4n) is 3.95. The minimum absolute atomic E-state index is 0.0813. The summed E-state index contributed by atoms with van der Waals surface area (Å²) in [6.45, 7) is 8.32. The van der Waals surface area contributed by atoms with Crippen LogP contribution in [0.1, 0.15) is 59.3 Å². The van der Waals surface area contributed by atoms with Crippen LogP contribution in [-0.4, -0.2) is 15.9 Å². The second-order valence-corrected chi connectivity index (χ2v) is 9.95. The molecule has 0 amide bonds. The van der Waals surface area contributed by atoms with Crippen LogP contribution in [0.2, 0.25) is 0 Å². The van der Waals surface area contributed by atoms with Crippen molar-refractivity contribution in [2.45, 2.75) is 51.0 Å². The van der Waals surface area contributed by atoms with Crippen LogP contribution in [0.15, 0.2) is 70.3 Å². The number of Topliss-reactive ketones (excluding diaryl/α,β-unsaturated/α-hetero) is 1. The van der Waals surface area contributed by atoms with E-state index in [4.69, 9.17) is 4.42 Å². The Labute approximate surface area is 199 Å². The maximum atomic E-state index is 13.2. The number of rotatable bonds is 8. The number of thioether (sulfide) groups is 1. The van der Waals surface area contributed by atoms with E-state index < -0.39 is 0 Å². The van der Waals surface area contributed by atoms with Crippen LogP contribution in [-0.2, 0) is 12.2 Å². The van der Waals surface area contributed by atoms with E-state index in [-0.39, 0.29) is 23.0 Å². The number of aromatic nitrogens is 1. The molecule has 1 unspecified atom stereocenters. The molecule has 4 rings (SSSR count). The van der Waals surface area contributed by atoms with Crippen molar-refractivity contribution in [1.82, 2.24) is 4.98 Å². The highest BCUT2D eigenvalue weighted by Gasteiger charge is 2.22. The van der Waals surface area contributed by atoms with Gasteiger partial charge in [0.2, 0.25) is 0 Å². The number of phenols is 1. The first kappa shape index (κ1) is 23.1. The predicted octanol–water partition coefficient (Wildman–Crippen LogP) is 7.32. The molecule has 0 radical (unpaired) electrons. The Balaban J connectivity index is 1.52. The minimum Gasteiger partial charge on any atom is -0.507 e. The fourth-order valence-corrected chi connectivity index (χ4v) is 4.73. The first-order valence-corrected chi connectivity index (χ1v) is 12.2. The highest BCUT2D eigenvalue weighted by molar-refractivity contribution is 7.98. The van der Waals surface area contributed by atoms with E-state index in [1.807, 2.05) is 25.1 Å². The van der Waals surface area contributed by atoms with Crippen molar-refractivity contribution in [3.05, 3.63) is 88.5 Å². The molecule has 0 saturated heterocycles. The number of aromatic hydroxyl groups is 1. The summed E-state index contributed by atoms with van der Waals surface area (Å²) in [5, 5.41) is 11.1. The van der Waals surface area contributed by atoms with Crippen molar-refractivity contribution in [2.24, 2.45) is 5.92 Å². The Morgan fingerprint density at radius 3 is 2.48 bits per heavy atom. The maximum absolute atomic E-state index is 13.2. The van der Waals surface area contributed by atoms with Gasteiger partial charge in [-0.3, -0.25) is 4.79 Å². The van der Waals surface area contributed by atoms with Crippen LogP contribution in [0, 0.1) is 12.8 Å². The van der Waals surface area contributed by atoms with Gasteiger partial charge in [0.25, 0.3) is 5.22 Å². The lowest BCUT2D eigenvalue weighted by Crippen LogP contribution is -2.10. The second kappa shape index (κ2) is 9.84. The van der Waals surface area contributed by atoms with Gasteiger partial charge in [0, 0.05) is 17.7 Å². The van der Waals surface area contributed by atoms with E-state index in [1.165, 1.54) is 34.5 Å². The molecule has 1 heterocycles. The third kappa shape index (κ3) is 5.48. The van der Waals surface area contributed by atoms with E-state index in [2.05, 4.69) is 56.1 Å². The Hall–Kier alpha value is -3.05. The average Bonchev–Trinajstić information content (AvgIpc) is 3.18.